The van der Waals surface area contributed by atoms with E-state index in [2.05, 4.69) is 32.4 Å². The molecule has 0 fully saturated rings. The monoisotopic (exact) mass is 186 g/mol. The van der Waals surface area contributed by atoms with E-state index in [1.807, 2.05) is 0 Å². The lowest BCUT2D eigenvalue weighted by Gasteiger charge is -2.07. The van der Waals surface area contributed by atoms with E-state index in [9.17, 15) is 0 Å². The summed E-state index contributed by atoms with van der Waals surface area (Å²) >= 11 is 2.17. The fraction of sp³-hybridized carbons (Fsp3) is 1.00. The lowest BCUT2D eigenvalue weighted by atomic mass is 9.70. The first kappa shape index (κ1) is 12.4. The molecular formula is C10H23BS. The number of hydrogen-bond donors (Lipinski definition) is 0. The maximum Gasteiger partial charge on any atom is 0.208 e. The maximum atomic E-state index is 2.30. The van der Waals surface area contributed by atoms with E-state index in [-0.39, 0.29) is 0 Å². The molecule has 0 unspecified atom stereocenters. The molecule has 0 N–H and O–H groups in total. The molecule has 0 aliphatic heterocycles. The average Bonchev–Trinajstić information content (AvgIpc) is 2.11. The van der Waals surface area contributed by atoms with Gasteiger partial charge in [-0.2, -0.15) is 0 Å². The topological polar surface area (TPSA) is 0 Å². The minimum absolute atomic E-state index is 0.923. The Morgan fingerprint density at radius 3 is 2.08 bits per heavy atom. The zero-order valence-corrected chi connectivity index (χ0v) is 9.75. The lowest BCUT2D eigenvalue weighted by Crippen LogP contribution is -2.04. The van der Waals surface area contributed by atoms with Crippen LogP contribution in [0.15, 0.2) is 0 Å². The first-order chi connectivity index (χ1) is 5.85. The van der Waals surface area contributed by atoms with Crippen molar-refractivity contribution < 1.29 is 0 Å². The van der Waals surface area contributed by atoms with Gasteiger partial charge in [-0.25, -0.2) is 11.6 Å². The van der Waals surface area contributed by atoms with Crippen LogP contribution in [0.1, 0.15) is 46.5 Å². The van der Waals surface area contributed by atoms with Crippen LogP contribution in [0.5, 0.6) is 0 Å². The molecule has 12 heavy (non-hydrogen) atoms. The minimum Gasteiger partial charge on any atom is -0.210 e. The van der Waals surface area contributed by atoms with Crippen LogP contribution in [-0.4, -0.2) is 11.7 Å². The third-order valence-corrected chi connectivity index (χ3v) is 3.92. The molecule has 0 bridgehead atoms. The molecule has 0 aromatic heterocycles. The molecule has 0 saturated carbocycles. The summed E-state index contributed by atoms with van der Waals surface area (Å²) in [5.41, 5.74) is 0. The van der Waals surface area contributed by atoms with Crippen molar-refractivity contribution >= 4 is 17.6 Å². The largest absolute Gasteiger partial charge is 0.210 e. The van der Waals surface area contributed by atoms with Gasteiger partial charge >= 0.3 is 0 Å². The van der Waals surface area contributed by atoms with Crippen molar-refractivity contribution in [2.45, 2.75) is 59.1 Å². The van der Waals surface area contributed by atoms with Crippen molar-refractivity contribution in [3.05, 3.63) is 0 Å². The van der Waals surface area contributed by atoms with Gasteiger partial charge in [0, 0.05) is 0 Å². The molecule has 0 aliphatic rings. The van der Waals surface area contributed by atoms with Gasteiger partial charge in [-0.1, -0.05) is 52.7 Å². The highest BCUT2D eigenvalue weighted by molar-refractivity contribution is 8.25. The molecule has 0 rings (SSSR count). The van der Waals surface area contributed by atoms with Gasteiger partial charge in [0.05, 0.1) is 0 Å². The second-order valence-corrected chi connectivity index (χ2v) is 4.78. The smallest absolute Gasteiger partial charge is 0.208 e. The van der Waals surface area contributed by atoms with Crippen LogP contribution in [0.25, 0.3) is 0 Å². The Hall–Kier alpha value is 0.415. The highest BCUT2D eigenvalue weighted by Crippen LogP contribution is 2.16. The fourth-order valence-electron chi connectivity index (χ4n) is 1.30. The van der Waals surface area contributed by atoms with Gasteiger partial charge in [0.1, 0.15) is 0 Å². The zero-order valence-electron chi connectivity index (χ0n) is 8.94. The van der Waals surface area contributed by atoms with Gasteiger partial charge in [0.15, 0.2) is 0 Å². The molecule has 0 aliphatic carbocycles. The van der Waals surface area contributed by atoms with Gasteiger partial charge in [0.25, 0.3) is 0 Å². The standard InChI is InChI=1S/C10H23BS/c1-4-7-8-9-10-12-11(5-2)6-3/h4-10H2,1-3H3. The van der Waals surface area contributed by atoms with Crippen LogP contribution in [0.3, 0.4) is 0 Å². The van der Waals surface area contributed by atoms with Crippen molar-refractivity contribution in [2.24, 2.45) is 0 Å². The van der Waals surface area contributed by atoms with E-state index in [1.54, 1.807) is 0 Å². The van der Waals surface area contributed by atoms with E-state index in [4.69, 9.17) is 0 Å². The Morgan fingerprint density at radius 1 is 0.917 bits per heavy atom. The van der Waals surface area contributed by atoms with Crippen LogP contribution >= 0.6 is 11.6 Å². The number of rotatable bonds is 8. The van der Waals surface area contributed by atoms with Gasteiger partial charge < -0.3 is 0 Å². The first-order valence-electron chi connectivity index (χ1n) is 5.46. The second kappa shape index (κ2) is 9.50. The van der Waals surface area contributed by atoms with Crippen LogP contribution in [0, 0.1) is 0 Å². The normalized spacial score (nSPS) is 10.2. The zero-order chi connectivity index (χ0) is 9.23. The summed E-state index contributed by atoms with van der Waals surface area (Å²) in [7, 11) is 0. The summed E-state index contributed by atoms with van der Waals surface area (Å²) in [4.78, 5) is 0. The van der Waals surface area contributed by atoms with Crippen molar-refractivity contribution in [1.82, 2.24) is 0 Å². The Kier molecular flexibility index (Phi) is 9.83. The summed E-state index contributed by atoms with van der Waals surface area (Å²) in [5, 5.41) is 0. The van der Waals surface area contributed by atoms with Crippen molar-refractivity contribution in [3.8, 4) is 0 Å². The highest BCUT2D eigenvalue weighted by Gasteiger charge is 2.07. The Balaban J connectivity index is 3.06. The third-order valence-electron chi connectivity index (χ3n) is 2.26. The molecule has 0 aromatic carbocycles. The maximum absolute atomic E-state index is 2.30. The third kappa shape index (κ3) is 7.09. The van der Waals surface area contributed by atoms with Gasteiger partial charge in [-0.15, -0.1) is 0 Å². The van der Waals surface area contributed by atoms with Gasteiger partial charge in [-0.05, 0) is 12.2 Å². The van der Waals surface area contributed by atoms with E-state index < -0.39 is 0 Å². The second-order valence-electron chi connectivity index (χ2n) is 3.37. The SMILES string of the molecule is CCCCCCSB(CC)CC. The van der Waals surface area contributed by atoms with E-state index in [0.29, 0.717) is 0 Å². The highest BCUT2D eigenvalue weighted by atomic mass is 32.2. The minimum atomic E-state index is 0.923. The molecule has 72 valence electrons. The lowest BCUT2D eigenvalue weighted by molar-refractivity contribution is 0.707. The molecule has 0 nitrogen and oxygen atoms in total. The molecule has 0 spiro atoms. The number of unbranched alkanes of at least 4 members (excludes halogenated alkanes) is 3. The summed E-state index contributed by atoms with van der Waals surface area (Å²) in [5.74, 6) is 2.30. The summed E-state index contributed by atoms with van der Waals surface area (Å²) in [6, 6.07) is 0. The summed E-state index contributed by atoms with van der Waals surface area (Å²) in [6.45, 7) is 6.87. The van der Waals surface area contributed by atoms with Crippen LogP contribution in [0.2, 0.25) is 12.6 Å². The Labute approximate surface area is 82.9 Å². The summed E-state index contributed by atoms with van der Waals surface area (Å²) in [6.07, 6.45) is 8.32. The average molecular weight is 186 g/mol. The summed E-state index contributed by atoms with van der Waals surface area (Å²) < 4.78 is 0. The molecule has 0 heterocycles. The molecule has 0 amide bonds. The van der Waals surface area contributed by atoms with Gasteiger partial charge in [-0.3, -0.25) is 0 Å². The van der Waals surface area contributed by atoms with Crippen molar-refractivity contribution in [3.63, 3.8) is 0 Å². The Morgan fingerprint density at radius 2 is 1.58 bits per heavy atom. The van der Waals surface area contributed by atoms with Crippen molar-refractivity contribution in [1.29, 1.82) is 0 Å². The van der Waals surface area contributed by atoms with E-state index in [0.717, 1.165) is 5.99 Å². The van der Waals surface area contributed by atoms with E-state index in [1.165, 1.54) is 44.1 Å². The molecule has 0 aromatic rings. The van der Waals surface area contributed by atoms with Crippen LogP contribution in [0.4, 0.5) is 0 Å². The number of hydrogen-bond acceptors (Lipinski definition) is 1. The van der Waals surface area contributed by atoms with Crippen LogP contribution in [-0.2, 0) is 0 Å². The quantitative estimate of drug-likeness (QED) is 0.401. The van der Waals surface area contributed by atoms with E-state index >= 15 is 0 Å². The fourth-order valence-corrected chi connectivity index (χ4v) is 2.48. The molecule has 2 heteroatoms. The predicted octanol–water partition coefficient (Wildman–Crippen LogP) is 4.33. The molecular weight excluding hydrogens is 163 g/mol. The molecule has 0 saturated heterocycles. The van der Waals surface area contributed by atoms with Crippen molar-refractivity contribution in [2.75, 3.05) is 5.75 Å². The Bertz CT molecular complexity index is 81.9. The molecule has 0 atom stereocenters. The first-order valence-corrected chi connectivity index (χ1v) is 6.51. The predicted molar refractivity (Wildman–Crippen MR) is 63.3 cm³/mol. The van der Waals surface area contributed by atoms with Gasteiger partial charge in [0.2, 0.25) is 5.99 Å². The molecule has 0 radical (unpaired) electrons. The van der Waals surface area contributed by atoms with Crippen LogP contribution < -0.4 is 0 Å².